The van der Waals surface area contributed by atoms with Crippen molar-refractivity contribution in [1.82, 2.24) is 4.31 Å². The fraction of sp³-hybridized carbons (Fsp3) is 0.462. The van der Waals surface area contributed by atoms with Crippen LogP contribution in [0.3, 0.4) is 0 Å². The van der Waals surface area contributed by atoms with Crippen LogP contribution in [0.1, 0.15) is 24.0 Å². The Bertz CT molecular complexity index is 629. The summed E-state index contributed by atoms with van der Waals surface area (Å²) in [6.07, 6.45) is 1.47. The first-order valence-corrected chi connectivity index (χ1v) is 8.26. The summed E-state index contributed by atoms with van der Waals surface area (Å²) in [5.41, 5.74) is 6.81. The van der Waals surface area contributed by atoms with Crippen molar-refractivity contribution in [2.45, 2.75) is 30.7 Å². The first-order valence-electron chi connectivity index (χ1n) is 6.41. The van der Waals surface area contributed by atoms with E-state index in [-0.39, 0.29) is 22.5 Å². The highest BCUT2D eigenvalue weighted by atomic mass is 32.2. The molecule has 0 aliphatic carbocycles. The van der Waals surface area contributed by atoms with Crippen molar-refractivity contribution in [3.63, 3.8) is 0 Å². The number of rotatable bonds is 4. The van der Waals surface area contributed by atoms with Gasteiger partial charge in [0.2, 0.25) is 10.0 Å². The van der Waals surface area contributed by atoms with Crippen LogP contribution in [0.25, 0.3) is 0 Å². The summed E-state index contributed by atoms with van der Waals surface area (Å²) in [5.74, 6) is 0. The van der Waals surface area contributed by atoms with Gasteiger partial charge in [0.15, 0.2) is 0 Å². The molecule has 0 saturated carbocycles. The van der Waals surface area contributed by atoms with Crippen LogP contribution >= 0.6 is 12.2 Å². The van der Waals surface area contributed by atoms with Crippen molar-refractivity contribution in [3.05, 3.63) is 29.3 Å². The molecule has 0 radical (unpaired) electrons. The van der Waals surface area contributed by atoms with E-state index in [1.165, 1.54) is 10.4 Å². The molecule has 1 heterocycles. The quantitative estimate of drug-likeness (QED) is 0.802. The summed E-state index contributed by atoms with van der Waals surface area (Å²) >= 11 is 4.89. The molecule has 7 heteroatoms. The van der Waals surface area contributed by atoms with Gasteiger partial charge >= 0.3 is 0 Å². The van der Waals surface area contributed by atoms with Crippen LogP contribution in [-0.4, -0.2) is 42.0 Å². The minimum atomic E-state index is -3.58. The number of nitrogens with two attached hydrogens (primary N) is 1. The molecule has 3 N–H and O–H groups in total. The average molecular weight is 314 g/mol. The molecule has 1 saturated heterocycles. The van der Waals surface area contributed by atoms with Gasteiger partial charge in [-0.15, -0.1) is 0 Å². The maximum atomic E-state index is 12.7. The second-order valence-electron chi connectivity index (χ2n) is 4.94. The number of nitrogens with zero attached hydrogens (tertiary/aromatic N) is 1. The second kappa shape index (κ2) is 5.77. The number of thiocarbonyl (C=S) groups is 1. The Hall–Kier alpha value is -1.02. The van der Waals surface area contributed by atoms with Crippen LogP contribution in [0.5, 0.6) is 0 Å². The Morgan fingerprint density at radius 2 is 2.25 bits per heavy atom. The minimum Gasteiger partial charge on any atom is -0.395 e. The van der Waals surface area contributed by atoms with Crippen molar-refractivity contribution in [3.8, 4) is 0 Å². The highest BCUT2D eigenvalue weighted by molar-refractivity contribution is 7.89. The van der Waals surface area contributed by atoms with Gasteiger partial charge in [0.05, 0.1) is 11.5 Å². The lowest BCUT2D eigenvalue weighted by atomic mass is 10.1. The fourth-order valence-corrected chi connectivity index (χ4v) is 4.55. The SMILES string of the molecule is Cc1cc(C(N)=S)ccc1S(=O)(=O)N1CCCC1CO. The van der Waals surface area contributed by atoms with Gasteiger partial charge in [-0.2, -0.15) is 4.31 Å². The van der Waals surface area contributed by atoms with E-state index in [2.05, 4.69) is 0 Å². The van der Waals surface area contributed by atoms with E-state index in [1.54, 1.807) is 19.1 Å². The molecule has 1 aromatic rings. The summed E-state index contributed by atoms with van der Waals surface area (Å²) < 4.78 is 26.7. The Balaban J connectivity index is 2.42. The standard InChI is InChI=1S/C13H18N2O3S2/c1-9-7-10(13(14)19)4-5-12(9)20(17,18)15-6-2-3-11(15)8-16/h4-5,7,11,16H,2-3,6,8H2,1H3,(H2,14,19). The molecule has 0 aromatic heterocycles. The smallest absolute Gasteiger partial charge is 0.243 e. The first-order chi connectivity index (χ1) is 9.37. The second-order valence-corrected chi connectivity index (χ2v) is 7.24. The molecule has 20 heavy (non-hydrogen) atoms. The molecule has 1 aliphatic rings. The summed E-state index contributed by atoms with van der Waals surface area (Å²) in [4.78, 5) is 0.490. The Morgan fingerprint density at radius 3 is 2.80 bits per heavy atom. The lowest BCUT2D eigenvalue weighted by Crippen LogP contribution is -2.37. The number of benzene rings is 1. The van der Waals surface area contributed by atoms with Crippen LogP contribution in [0.2, 0.25) is 0 Å². The summed E-state index contributed by atoms with van der Waals surface area (Å²) in [5, 5.41) is 9.29. The largest absolute Gasteiger partial charge is 0.395 e. The van der Waals surface area contributed by atoms with Crippen molar-refractivity contribution >= 4 is 27.2 Å². The fourth-order valence-electron chi connectivity index (χ4n) is 2.53. The van der Waals surface area contributed by atoms with Crippen LogP contribution in [-0.2, 0) is 10.0 Å². The molecule has 1 fully saturated rings. The maximum absolute atomic E-state index is 12.7. The number of aliphatic hydroxyl groups excluding tert-OH is 1. The van der Waals surface area contributed by atoms with E-state index in [1.807, 2.05) is 0 Å². The van der Waals surface area contributed by atoms with E-state index < -0.39 is 10.0 Å². The molecular formula is C13H18N2O3S2. The molecule has 2 rings (SSSR count). The normalized spacial score (nSPS) is 20.2. The highest BCUT2D eigenvalue weighted by Crippen LogP contribution is 2.28. The summed E-state index contributed by atoms with van der Waals surface area (Å²) in [7, 11) is -3.58. The number of aliphatic hydroxyl groups is 1. The average Bonchev–Trinajstić information content (AvgIpc) is 2.87. The topological polar surface area (TPSA) is 83.6 Å². The van der Waals surface area contributed by atoms with E-state index in [0.29, 0.717) is 24.1 Å². The predicted octanol–water partition coefficient (Wildman–Crippen LogP) is 0.775. The van der Waals surface area contributed by atoms with Crippen LogP contribution < -0.4 is 5.73 Å². The van der Waals surface area contributed by atoms with E-state index in [9.17, 15) is 13.5 Å². The minimum absolute atomic E-state index is 0.150. The van der Waals surface area contributed by atoms with Gasteiger partial charge in [-0.25, -0.2) is 8.42 Å². The lowest BCUT2D eigenvalue weighted by molar-refractivity contribution is 0.213. The third-order valence-electron chi connectivity index (χ3n) is 3.58. The van der Waals surface area contributed by atoms with Crippen molar-refractivity contribution in [2.24, 2.45) is 5.73 Å². The number of hydrogen-bond acceptors (Lipinski definition) is 4. The maximum Gasteiger partial charge on any atom is 0.243 e. The van der Waals surface area contributed by atoms with Gasteiger partial charge in [0, 0.05) is 18.2 Å². The molecule has 1 aromatic carbocycles. The first kappa shape index (κ1) is 15.4. The van der Waals surface area contributed by atoms with Gasteiger partial charge in [-0.05, 0) is 37.5 Å². The monoisotopic (exact) mass is 314 g/mol. The van der Waals surface area contributed by atoms with Crippen molar-refractivity contribution in [1.29, 1.82) is 0 Å². The van der Waals surface area contributed by atoms with Gasteiger partial charge in [0.1, 0.15) is 4.99 Å². The van der Waals surface area contributed by atoms with E-state index >= 15 is 0 Å². The van der Waals surface area contributed by atoms with Gasteiger partial charge in [-0.1, -0.05) is 18.3 Å². The van der Waals surface area contributed by atoms with E-state index in [0.717, 1.165) is 6.42 Å². The number of hydrogen-bond donors (Lipinski definition) is 2. The molecular weight excluding hydrogens is 296 g/mol. The van der Waals surface area contributed by atoms with Crippen molar-refractivity contribution in [2.75, 3.05) is 13.2 Å². The summed E-state index contributed by atoms with van der Waals surface area (Å²) in [6, 6.07) is 4.51. The van der Waals surface area contributed by atoms with E-state index in [4.69, 9.17) is 18.0 Å². The zero-order valence-corrected chi connectivity index (χ0v) is 12.9. The van der Waals surface area contributed by atoms with Gasteiger partial charge < -0.3 is 10.8 Å². The zero-order valence-electron chi connectivity index (χ0n) is 11.2. The number of aryl methyl sites for hydroxylation is 1. The molecule has 0 bridgehead atoms. The highest BCUT2D eigenvalue weighted by Gasteiger charge is 2.35. The van der Waals surface area contributed by atoms with Gasteiger partial charge in [-0.3, -0.25) is 0 Å². The summed E-state index contributed by atoms with van der Waals surface area (Å²) in [6.45, 7) is 2.02. The molecule has 5 nitrogen and oxygen atoms in total. The van der Waals surface area contributed by atoms with Crippen LogP contribution in [0.15, 0.2) is 23.1 Å². The van der Waals surface area contributed by atoms with Crippen LogP contribution in [0.4, 0.5) is 0 Å². The third-order valence-corrected chi connectivity index (χ3v) is 5.93. The lowest BCUT2D eigenvalue weighted by Gasteiger charge is -2.23. The van der Waals surface area contributed by atoms with Crippen molar-refractivity contribution < 1.29 is 13.5 Å². The molecule has 1 aliphatic heterocycles. The molecule has 0 spiro atoms. The molecule has 0 amide bonds. The molecule has 1 atom stereocenters. The molecule has 1 unspecified atom stereocenters. The molecule has 110 valence electrons. The predicted molar refractivity (Wildman–Crippen MR) is 81.1 cm³/mol. The van der Waals surface area contributed by atoms with Gasteiger partial charge in [0.25, 0.3) is 0 Å². The zero-order chi connectivity index (χ0) is 14.9. The Kier molecular flexibility index (Phi) is 4.43. The number of sulfonamides is 1. The Labute approximate surface area is 124 Å². The Morgan fingerprint density at radius 1 is 1.55 bits per heavy atom. The third kappa shape index (κ3) is 2.71. The van der Waals surface area contributed by atoms with Crippen LogP contribution in [0, 0.1) is 6.92 Å².